The fraction of sp³-hybridized carbons (Fsp3) is 0.875. The lowest BCUT2D eigenvalue weighted by molar-refractivity contribution is -0.129. The highest BCUT2D eigenvalue weighted by molar-refractivity contribution is 5.73. The van der Waals surface area contributed by atoms with Gasteiger partial charge in [0.15, 0.2) is 0 Å². The van der Waals surface area contributed by atoms with E-state index < -0.39 is 18.6 Å². The minimum atomic E-state index is -4.00. The van der Waals surface area contributed by atoms with Crippen molar-refractivity contribution in [3.8, 4) is 0 Å². The first-order valence-electron chi connectivity index (χ1n) is 4.21. The zero-order chi connectivity index (χ0) is 12.3. The molecule has 1 aliphatic heterocycles. The summed E-state index contributed by atoms with van der Waals surface area (Å²) in [5.74, 6) is -2.91. The van der Waals surface area contributed by atoms with Gasteiger partial charge in [-0.3, -0.25) is 4.79 Å². The summed E-state index contributed by atoms with van der Waals surface area (Å²) in [5, 5.41) is 0. The van der Waals surface area contributed by atoms with Gasteiger partial charge in [0.05, 0.1) is 6.54 Å². The molecule has 1 saturated heterocycles. The van der Waals surface area contributed by atoms with E-state index in [2.05, 4.69) is 0 Å². The number of hydrogen-bond acceptors (Lipinski definition) is 1. The molecule has 0 unspecified atom stereocenters. The Hall–Kier alpha value is -0.880. The van der Waals surface area contributed by atoms with E-state index in [0.717, 1.165) is 0 Å². The molecule has 1 heterocycles. The molecule has 1 fully saturated rings. The van der Waals surface area contributed by atoms with Crippen LogP contribution in [0.3, 0.4) is 0 Å². The maximum absolute atomic E-state index is 12.4. The maximum atomic E-state index is 12.4. The zero-order valence-electron chi connectivity index (χ0n) is 8.37. The van der Waals surface area contributed by atoms with E-state index in [1.165, 1.54) is 11.8 Å². The molecule has 0 saturated carbocycles. The van der Waals surface area contributed by atoms with Crippen molar-refractivity contribution in [2.24, 2.45) is 0 Å². The summed E-state index contributed by atoms with van der Waals surface area (Å²) in [6.45, 7) is 1.29. The van der Waals surface area contributed by atoms with Crippen LogP contribution in [0.2, 0.25) is 0 Å². The molecular weight excluding hydrogens is 221 g/mol. The molecule has 1 rings (SSSR count). The van der Waals surface area contributed by atoms with Crippen LogP contribution in [0, 0.1) is 0 Å². The molecular formula is C8H12F5NO. The Kier molecular flexibility index (Phi) is 4.48. The van der Waals surface area contributed by atoms with Crippen molar-refractivity contribution in [3.05, 3.63) is 0 Å². The molecule has 15 heavy (non-hydrogen) atoms. The van der Waals surface area contributed by atoms with Crippen molar-refractivity contribution >= 4 is 5.91 Å². The summed E-state index contributed by atoms with van der Waals surface area (Å²) < 4.78 is 55.8. The molecule has 0 aliphatic carbocycles. The molecule has 0 spiro atoms. The summed E-state index contributed by atoms with van der Waals surface area (Å²) in [6.07, 6.45) is -4.19. The first-order chi connectivity index (χ1) is 6.51. The second-order valence-corrected chi connectivity index (χ2v) is 3.33. The molecule has 0 atom stereocenters. The molecule has 0 aromatic rings. The Morgan fingerprint density at radius 2 is 1.73 bits per heavy atom. The van der Waals surface area contributed by atoms with Crippen molar-refractivity contribution in [1.82, 2.24) is 4.90 Å². The molecule has 0 aromatic carbocycles. The number of carbonyl (C=O) groups excluding carboxylic acids is 1. The predicted octanol–water partition coefficient (Wildman–Crippen LogP) is 2.44. The average molecular weight is 233 g/mol. The van der Waals surface area contributed by atoms with Gasteiger partial charge in [0.1, 0.15) is 0 Å². The minimum Gasteiger partial charge on any atom is -0.337 e. The molecule has 90 valence electrons. The van der Waals surface area contributed by atoms with E-state index in [-0.39, 0.29) is 25.8 Å². The van der Waals surface area contributed by atoms with Crippen LogP contribution in [0.5, 0.6) is 0 Å². The fourth-order valence-corrected chi connectivity index (χ4v) is 1.00. The SMILES string of the molecule is CC(=O)N1CCC(F)(F)C1.CC(F)(F)F. The van der Waals surface area contributed by atoms with Gasteiger partial charge in [-0.05, 0) is 0 Å². The molecule has 1 amide bonds. The first kappa shape index (κ1) is 14.1. The Labute approximate surface area is 84.0 Å². The molecule has 0 aromatic heterocycles. The van der Waals surface area contributed by atoms with Gasteiger partial charge in [-0.1, -0.05) is 0 Å². The second kappa shape index (κ2) is 4.76. The van der Waals surface area contributed by atoms with Crippen LogP contribution in [0.25, 0.3) is 0 Å². The lowest BCUT2D eigenvalue weighted by Gasteiger charge is -2.12. The van der Waals surface area contributed by atoms with Crippen molar-refractivity contribution in [3.63, 3.8) is 0 Å². The van der Waals surface area contributed by atoms with E-state index in [0.29, 0.717) is 0 Å². The standard InChI is InChI=1S/C6H9F2NO.C2H3F3/c1-5(10)9-3-2-6(7,8)4-9;1-2(3,4)5/h2-4H2,1H3;1H3. The summed E-state index contributed by atoms with van der Waals surface area (Å²) in [7, 11) is 0. The Bertz CT molecular complexity index is 220. The number of amides is 1. The molecule has 0 bridgehead atoms. The van der Waals surface area contributed by atoms with Gasteiger partial charge in [0.25, 0.3) is 5.92 Å². The monoisotopic (exact) mass is 233 g/mol. The summed E-state index contributed by atoms with van der Waals surface area (Å²) >= 11 is 0. The highest BCUT2D eigenvalue weighted by atomic mass is 19.4. The van der Waals surface area contributed by atoms with Gasteiger partial charge < -0.3 is 4.90 Å². The number of hydrogen-bond donors (Lipinski definition) is 0. The highest BCUT2D eigenvalue weighted by Crippen LogP contribution is 2.26. The van der Waals surface area contributed by atoms with E-state index >= 15 is 0 Å². The number of halogens is 5. The Balaban J connectivity index is 0.000000336. The van der Waals surface area contributed by atoms with E-state index in [1.54, 1.807) is 0 Å². The van der Waals surface area contributed by atoms with Crippen LogP contribution in [0.1, 0.15) is 20.3 Å². The van der Waals surface area contributed by atoms with Gasteiger partial charge in [-0.2, -0.15) is 13.2 Å². The fourth-order valence-electron chi connectivity index (χ4n) is 1.00. The van der Waals surface area contributed by atoms with Crippen LogP contribution in [0.4, 0.5) is 22.0 Å². The third kappa shape index (κ3) is 8.14. The van der Waals surface area contributed by atoms with Gasteiger partial charge in [-0.25, -0.2) is 8.78 Å². The number of likely N-dealkylation sites (tertiary alicyclic amines) is 1. The van der Waals surface area contributed by atoms with Gasteiger partial charge in [0.2, 0.25) is 5.91 Å². The van der Waals surface area contributed by atoms with Crippen LogP contribution >= 0.6 is 0 Å². The number of nitrogens with zero attached hydrogens (tertiary/aromatic N) is 1. The largest absolute Gasteiger partial charge is 0.386 e. The third-order valence-corrected chi connectivity index (χ3v) is 1.61. The molecule has 0 radical (unpaired) electrons. The van der Waals surface area contributed by atoms with Gasteiger partial charge >= 0.3 is 6.18 Å². The predicted molar refractivity (Wildman–Crippen MR) is 43.5 cm³/mol. The number of carbonyl (C=O) groups is 1. The molecule has 1 aliphatic rings. The van der Waals surface area contributed by atoms with Crippen LogP contribution in [-0.2, 0) is 4.79 Å². The minimum absolute atomic E-state index is 0.188. The van der Waals surface area contributed by atoms with E-state index in [9.17, 15) is 26.7 Å². The number of alkyl halides is 5. The smallest absolute Gasteiger partial charge is 0.337 e. The maximum Gasteiger partial charge on any atom is 0.386 e. The lowest BCUT2D eigenvalue weighted by Crippen LogP contribution is -2.29. The Morgan fingerprint density at radius 1 is 1.33 bits per heavy atom. The van der Waals surface area contributed by atoms with Gasteiger partial charge in [-0.15, -0.1) is 0 Å². The highest BCUT2D eigenvalue weighted by Gasteiger charge is 2.39. The van der Waals surface area contributed by atoms with Crippen molar-refractivity contribution in [2.45, 2.75) is 32.4 Å². The lowest BCUT2D eigenvalue weighted by atomic mass is 10.3. The normalized spacial score (nSPS) is 19.5. The van der Waals surface area contributed by atoms with E-state index in [1.807, 2.05) is 0 Å². The van der Waals surface area contributed by atoms with Crippen LogP contribution in [0.15, 0.2) is 0 Å². The topological polar surface area (TPSA) is 20.3 Å². The molecule has 2 nitrogen and oxygen atoms in total. The van der Waals surface area contributed by atoms with Crippen molar-refractivity contribution in [2.75, 3.05) is 13.1 Å². The van der Waals surface area contributed by atoms with Crippen molar-refractivity contribution in [1.29, 1.82) is 0 Å². The summed E-state index contributed by atoms with van der Waals surface area (Å²) in [5.41, 5.74) is 0. The molecule has 7 heteroatoms. The zero-order valence-corrected chi connectivity index (χ0v) is 8.37. The average Bonchev–Trinajstić information content (AvgIpc) is 2.26. The quantitative estimate of drug-likeness (QED) is 0.588. The van der Waals surface area contributed by atoms with Gasteiger partial charge in [0, 0.05) is 26.8 Å². The van der Waals surface area contributed by atoms with Crippen molar-refractivity contribution < 1.29 is 26.7 Å². The second-order valence-electron chi connectivity index (χ2n) is 3.33. The first-order valence-corrected chi connectivity index (χ1v) is 4.21. The number of rotatable bonds is 0. The Morgan fingerprint density at radius 3 is 1.87 bits per heavy atom. The third-order valence-electron chi connectivity index (χ3n) is 1.61. The molecule has 0 N–H and O–H groups in total. The van der Waals surface area contributed by atoms with Crippen LogP contribution in [-0.4, -0.2) is 36.0 Å². The van der Waals surface area contributed by atoms with E-state index in [4.69, 9.17) is 0 Å². The van der Waals surface area contributed by atoms with Crippen LogP contribution < -0.4 is 0 Å². The summed E-state index contributed by atoms with van der Waals surface area (Å²) in [6, 6.07) is 0. The summed E-state index contributed by atoms with van der Waals surface area (Å²) in [4.78, 5) is 11.7.